The minimum atomic E-state index is -0.466. The number of aromatic nitrogens is 2. The van der Waals surface area contributed by atoms with Crippen LogP contribution < -0.4 is 15.5 Å². The summed E-state index contributed by atoms with van der Waals surface area (Å²) >= 11 is 6.02. The lowest BCUT2D eigenvalue weighted by atomic mass is 9.98. The van der Waals surface area contributed by atoms with Gasteiger partial charge in [0.25, 0.3) is 0 Å². The maximum Gasteiger partial charge on any atom is 0.238 e. The minimum Gasteiger partial charge on any atom is -0.355 e. The van der Waals surface area contributed by atoms with Crippen molar-refractivity contribution in [1.29, 1.82) is 0 Å². The van der Waals surface area contributed by atoms with E-state index < -0.39 is 5.41 Å². The van der Waals surface area contributed by atoms with E-state index in [4.69, 9.17) is 17.3 Å². The first-order chi connectivity index (χ1) is 13.0. The first-order valence-electron chi connectivity index (χ1n) is 9.12. The van der Waals surface area contributed by atoms with Crippen molar-refractivity contribution < 1.29 is 9.18 Å². The fourth-order valence-corrected chi connectivity index (χ4v) is 4.42. The van der Waals surface area contributed by atoms with Gasteiger partial charge in [0.1, 0.15) is 11.6 Å². The Morgan fingerprint density at radius 3 is 2.89 bits per heavy atom. The van der Waals surface area contributed by atoms with Gasteiger partial charge in [-0.1, -0.05) is 6.07 Å². The molecule has 0 radical (unpaired) electrons. The second-order valence-corrected chi connectivity index (χ2v) is 7.96. The van der Waals surface area contributed by atoms with Crippen molar-refractivity contribution in [3.8, 4) is 0 Å². The number of benzene rings is 1. The Morgan fingerprint density at radius 1 is 1.37 bits per heavy atom. The van der Waals surface area contributed by atoms with Gasteiger partial charge in [0.2, 0.25) is 11.2 Å². The molecule has 2 fully saturated rings. The number of anilines is 2. The minimum absolute atomic E-state index is 0.0297. The number of fused-ring (bicyclic) bond motifs is 2. The summed E-state index contributed by atoms with van der Waals surface area (Å²) in [5.74, 6) is 0.384. The number of carbonyl (C=O) groups is 1. The molecule has 3 heterocycles. The summed E-state index contributed by atoms with van der Waals surface area (Å²) in [6, 6.07) is 4.71. The van der Waals surface area contributed by atoms with Gasteiger partial charge in [0.15, 0.2) is 0 Å². The summed E-state index contributed by atoms with van der Waals surface area (Å²) in [5.41, 5.74) is 7.93. The first-order valence-corrected chi connectivity index (χ1v) is 9.50. The van der Waals surface area contributed by atoms with E-state index in [1.165, 1.54) is 12.1 Å². The molecule has 1 saturated carbocycles. The predicted molar refractivity (Wildman–Crippen MR) is 100 cm³/mol. The second kappa shape index (κ2) is 5.87. The van der Waals surface area contributed by atoms with E-state index >= 15 is 0 Å². The molecule has 6 nitrogen and oxygen atoms in total. The molecule has 0 unspecified atom stereocenters. The van der Waals surface area contributed by atoms with Crippen molar-refractivity contribution in [2.75, 3.05) is 22.9 Å². The number of hydrogen-bond donors (Lipinski definition) is 1. The highest BCUT2D eigenvalue weighted by Crippen LogP contribution is 2.57. The maximum absolute atomic E-state index is 13.9. The monoisotopic (exact) mass is 387 g/mol. The molecule has 8 heteroatoms. The molecule has 140 valence electrons. The Kier molecular flexibility index (Phi) is 3.67. The Hall–Kier alpha value is -2.25. The summed E-state index contributed by atoms with van der Waals surface area (Å²) < 4.78 is 13.9. The van der Waals surface area contributed by atoms with Gasteiger partial charge in [-0.15, -0.1) is 0 Å². The van der Waals surface area contributed by atoms with Gasteiger partial charge in [-0.2, -0.15) is 0 Å². The van der Waals surface area contributed by atoms with Crippen LogP contribution in [0.3, 0.4) is 0 Å². The third-order valence-corrected chi connectivity index (χ3v) is 6.02. The van der Waals surface area contributed by atoms with Crippen LogP contribution >= 0.6 is 11.6 Å². The van der Waals surface area contributed by atoms with Gasteiger partial charge in [-0.05, 0) is 48.6 Å². The van der Waals surface area contributed by atoms with Gasteiger partial charge < -0.3 is 15.5 Å². The number of nitrogens with zero attached hydrogens (tertiary/aromatic N) is 4. The molecule has 1 saturated heterocycles. The van der Waals surface area contributed by atoms with Crippen LogP contribution in [0.25, 0.3) is 0 Å². The van der Waals surface area contributed by atoms with E-state index in [9.17, 15) is 9.18 Å². The SMILES string of the molecule is N[C@@H]1CCN(c2nc(Cl)ncc2CN2C(=O)C3(CC3)c3ccc(F)cc32)C1. The summed E-state index contributed by atoms with van der Waals surface area (Å²) in [6.45, 7) is 1.75. The van der Waals surface area contributed by atoms with Gasteiger partial charge in [-0.25, -0.2) is 14.4 Å². The molecule has 1 aromatic carbocycles. The average molecular weight is 388 g/mol. The van der Waals surface area contributed by atoms with Gasteiger partial charge >= 0.3 is 0 Å². The quantitative estimate of drug-likeness (QED) is 0.818. The molecule has 1 atom stereocenters. The lowest BCUT2D eigenvalue weighted by Gasteiger charge is -2.24. The summed E-state index contributed by atoms with van der Waals surface area (Å²) in [6.07, 6.45) is 4.15. The zero-order valence-electron chi connectivity index (χ0n) is 14.7. The zero-order valence-corrected chi connectivity index (χ0v) is 15.4. The van der Waals surface area contributed by atoms with Crippen molar-refractivity contribution in [2.24, 2.45) is 5.73 Å². The standard InChI is InChI=1S/C19H19ClFN5O/c20-18-23-8-11(16(24-18)25-6-3-13(22)10-25)9-26-15-7-12(21)1-2-14(15)19(4-5-19)17(26)27/h1-2,7-8,13H,3-6,9-10,22H2/t13-/m1/s1. The number of hydrogen-bond acceptors (Lipinski definition) is 5. The van der Waals surface area contributed by atoms with E-state index in [2.05, 4.69) is 14.9 Å². The van der Waals surface area contributed by atoms with Gasteiger partial charge in [0.05, 0.1) is 17.6 Å². The van der Waals surface area contributed by atoms with E-state index in [-0.39, 0.29) is 29.6 Å². The normalized spacial score (nSPS) is 22.6. The van der Waals surface area contributed by atoms with Crippen LogP contribution in [0.4, 0.5) is 15.9 Å². The van der Waals surface area contributed by atoms with E-state index in [0.29, 0.717) is 18.1 Å². The number of carbonyl (C=O) groups excluding carboxylic acids is 1. The highest BCUT2D eigenvalue weighted by atomic mass is 35.5. The summed E-state index contributed by atoms with van der Waals surface area (Å²) in [5, 5.41) is 0.159. The van der Waals surface area contributed by atoms with Crippen molar-refractivity contribution in [1.82, 2.24) is 9.97 Å². The molecule has 0 bridgehead atoms. The van der Waals surface area contributed by atoms with Crippen LogP contribution in [0.1, 0.15) is 30.4 Å². The first kappa shape index (κ1) is 16.9. The van der Waals surface area contributed by atoms with E-state index in [1.807, 2.05) is 0 Å². The fraction of sp³-hybridized carbons (Fsp3) is 0.421. The number of rotatable bonds is 3. The molecule has 5 rings (SSSR count). The number of amides is 1. The third-order valence-electron chi connectivity index (χ3n) is 5.84. The maximum atomic E-state index is 13.9. The third kappa shape index (κ3) is 2.60. The molecule has 2 aliphatic heterocycles. The summed E-state index contributed by atoms with van der Waals surface area (Å²) in [4.78, 5) is 25.4. The van der Waals surface area contributed by atoms with Crippen LogP contribution in [0.5, 0.6) is 0 Å². The van der Waals surface area contributed by atoms with Gasteiger partial charge in [0, 0.05) is 30.9 Å². The highest BCUT2D eigenvalue weighted by Gasteiger charge is 2.59. The molecule has 1 amide bonds. The Bertz CT molecular complexity index is 948. The molecule has 3 aliphatic rings. The van der Waals surface area contributed by atoms with Crippen LogP contribution in [0.15, 0.2) is 24.4 Å². The lowest BCUT2D eigenvalue weighted by molar-refractivity contribution is -0.120. The largest absolute Gasteiger partial charge is 0.355 e. The molecule has 1 aliphatic carbocycles. The Labute approximate surface area is 161 Å². The van der Waals surface area contributed by atoms with Gasteiger partial charge in [-0.3, -0.25) is 4.79 Å². The van der Waals surface area contributed by atoms with Crippen LogP contribution in [0.2, 0.25) is 5.28 Å². The topological polar surface area (TPSA) is 75.3 Å². The Balaban J connectivity index is 1.53. The molecular weight excluding hydrogens is 369 g/mol. The molecular formula is C19H19ClFN5O. The smallest absolute Gasteiger partial charge is 0.238 e. The average Bonchev–Trinajstić information content (AvgIpc) is 3.29. The van der Waals surface area contributed by atoms with Crippen molar-refractivity contribution in [3.05, 3.63) is 46.6 Å². The molecule has 2 N–H and O–H groups in total. The van der Waals surface area contributed by atoms with Crippen LogP contribution in [0, 0.1) is 5.82 Å². The predicted octanol–water partition coefficient (Wildman–Crippen LogP) is 2.38. The van der Waals surface area contributed by atoms with Crippen molar-refractivity contribution >= 4 is 29.0 Å². The molecule has 1 aromatic heterocycles. The molecule has 1 spiro atoms. The van der Waals surface area contributed by atoms with E-state index in [1.54, 1.807) is 17.2 Å². The molecule has 2 aromatic rings. The highest BCUT2D eigenvalue weighted by molar-refractivity contribution is 6.28. The summed E-state index contributed by atoms with van der Waals surface area (Å²) in [7, 11) is 0. The Morgan fingerprint density at radius 2 is 2.19 bits per heavy atom. The number of halogens is 2. The zero-order chi connectivity index (χ0) is 18.8. The second-order valence-electron chi connectivity index (χ2n) is 7.62. The molecule has 27 heavy (non-hydrogen) atoms. The van der Waals surface area contributed by atoms with Crippen molar-refractivity contribution in [3.63, 3.8) is 0 Å². The van der Waals surface area contributed by atoms with Crippen molar-refractivity contribution in [2.45, 2.75) is 37.3 Å². The van der Waals surface area contributed by atoms with E-state index in [0.717, 1.165) is 36.9 Å². The number of nitrogens with two attached hydrogens (primary N) is 1. The lowest BCUT2D eigenvalue weighted by Crippen LogP contribution is -2.33. The fourth-order valence-electron chi connectivity index (χ4n) is 4.29. The van der Waals surface area contributed by atoms with Crippen LogP contribution in [-0.2, 0) is 16.8 Å². The van der Waals surface area contributed by atoms with Crippen LogP contribution in [-0.4, -0.2) is 35.0 Å².